The van der Waals surface area contributed by atoms with Gasteiger partial charge in [0.25, 0.3) is 5.91 Å². The van der Waals surface area contributed by atoms with Gasteiger partial charge in [-0.15, -0.1) is 15.3 Å². The summed E-state index contributed by atoms with van der Waals surface area (Å²) >= 11 is 1.32. The van der Waals surface area contributed by atoms with Gasteiger partial charge in [-0.05, 0) is 29.4 Å². The Labute approximate surface area is 172 Å². The first-order valence-electron chi connectivity index (χ1n) is 8.42. The minimum absolute atomic E-state index is 0.00276. The molecule has 0 aliphatic rings. The van der Waals surface area contributed by atoms with Crippen LogP contribution in [0, 0.1) is 6.92 Å². The van der Waals surface area contributed by atoms with Gasteiger partial charge in [-0.25, -0.2) is 10.1 Å². The summed E-state index contributed by atoms with van der Waals surface area (Å²) in [5.41, 5.74) is 8.58. The molecule has 4 aromatic heterocycles. The minimum atomic E-state index is -0.579. The second-order valence-electron chi connectivity index (χ2n) is 5.93. The average molecular weight is 429 g/mol. The molecule has 4 rings (SSSR count). The van der Waals surface area contributed by atoms with Crippen molar-refractivity contribution in [1.29, 1.82) is 0 Å². The zero-order chi connectivity index (χ0) is 21.1. The fourth-order valence-corrected chi connectivity index (χ4v) is 3.26. The van der Waals surface area contributed by atoms with Crippen LogP contribution in [0.5, 0.6) is 0 Å². The van der Waals surface area contributed by atoms with E-state index in [-0.39, 0.29) is 23.1 Å². The number of hydrazone groups is 1. The van der Waals surface area contributed by atoms with E-state index in [1.165, 1.54) is 22.7 Å². The highest BCUT2D eigenvalue weighted by atomic mass is 32.2. The number of anilines is 1. The van der Waals surface area contributed by atoms with E-state index in [4.69, 9.17) is 10.2 Å². The lowest BCUT2D eigenvalue weighted by Crippen LogP contribution is -2.20. The SMILES string of the molecule is Cc1ccc(/C=N\NC(=O)c2nnn(-c3nonc3N)c2CSc2nncn2C)o1. The number of rotatable bonds is 7. The zero-order valence-corrected chi connectivity index (χ0v) is 16.6. The van der Waals surface area contributed by atoms with E-state index >= 15 is 0 Å². The number of thioether (sulfide) groups is 1. The molecule has 0 spiro atoms. The van der Waals surface area contributed by atoms with Gasteiger partial charge < -0.3 is 14.7 Å². The van der Waals surface area contributed by atoms with E-state index in [0.29, 0.717) is 16.6 Å². The van der Waals surface area contributed by atoms with Gasteiger partial charge in [-0.3, -0.25) is 4.79 Å². The standard InChI is InChI=1S/C15H15N11O3S/c1-8-3-4-9(28-8)5-17-20-14(27)11-10(6-30-15-21-18-7-25(15)2)26(24-19-11)13-12(16)22-29-23-13/h3-5,7H,6H2,1-2H3,(H2,16,22)(H,20,27)/b17-5-. The Morgan fingerprint density at radius 3 is 2.90 bits per heavy atom. The molecule has 154 valence electrons. The number of nitrogens with two attached hydrogens (primary N) is 1. The Bertz CT molecular complexity index is 1200. The van der Waals surface area contributed by atoms with Gasteiger partial charge in [-0.1, -0.05) is 17.0 Å². The Hall–Kier alpha value is -4.01. The highest BCUT2D eigenvalue weighted by Crippen LogP contribution is 2.24. The number of aromatic nitrogens is 8. The number of aryl methyl sites for hydroxylation is 2. The Morgan fingerprint density at radius 2 is 2.23 bits per heavy atom. The van der Waals surface area contributed by atoms with E-state index in [1.54, 1.807) is 37.0 Å². The summed E-state index contributed by atoms with van der Waals surface area (Å²) in [6.45, 7) is 1.81. The van der Waals surface area contributed by atoms with Gasteiger partial charge in [0.05, 0.1) is 11.9 Å². The van der Waals surface area contributed by atoms with E-state index in [9.17, 15) is 4.79 Å². The monoisotopic (exact) mass is 429 g/mol. The molecule has 1 amide bonds. The molecule has 3 N–H and O–H groups in total. The smallest absolute Gasteiger partial charge is 0.293 e. The number of carbonyl (C=O) groups excluding carboxylic acids is 1. The van der Waals surface area contributed by atoms with E-state index < -0.39 is 5.91 Å². The van der Waals surface area contributed by atoms with Gasteiger partial charge in [-0.2, -0.15) is 9.78 Å². The number of amides is 1. The first-order chi connectivity index (χ1) is 14.5. The van der Waals surface area contributed by atoms with Crippen LogP contribution in [-0.2, 0) is 12.8 Å². The summed E-state index contributed by atoms with van der Waals surface area (Å²) in [6, 6.07) is 3.51. The van der Waals surface area contributed by atoms with Crippen LogP contribution in [0.25, 0.3) is 5.82 Å². The number of nitrogen functional groups attached to an aromatic ring is 1. The van der Waals surface area contributed by atoms with Crippen molar-refractivity contribution in [2.75, 3.05) is 5.73 Å². The van der Waals surface area contributed by atoms with Crippen LogP contribution in [0.2, 0.25) is 0 Å². The van der Waals surface area contributed by atoms with Crippen LogP contribution in [0.1, 0.15) is 27.7 Å². The van der Waals surface area contributed by atoms with Gasteiger partial charge in [0, 0.05) is 12.8 Å². The van der Waals surface area contributed by atoms with Crippen LogP contribution < -0.4 is 11.2 Å². The Balaban J connectivity index is 1.59. The maximum Gasteiger partial charge on any atom is 0.293 e. The molecule has 0 aliphatic heterocycles. The van der Waals surface area contributed by atoms with Crippen LogP contribution in [0.15, 0.2) is 37.8 Å². The molecule has 4 heterocycles. The number of nitrogens with zero attached hydrogens (tertiary/aromatic N) is 9. The number of carbonyl (C=O) groups is 1. The van der Waals surface area contributed by atoms with Gasteiger partial charge >= 0.3 is 0 Å². The average Bonchev–Trinajstić information content (AvgIpc) is 3.49. The molecule has 0 aromatic carbocycles. The minimum Gasteiger partial charge on any atom is -0.460 e. The molecule has 0 fully saturated rings. The highest BCUT2D eigenvalue weighted by molar-refractivity contribution is 7.98. The van der Waals surface area contributed by atoms with Crippen LogP contribution in [0.4, 0.5) is 5.82 Å². The van der Waals surface area contributed by atoms with Crippen molar-refractivity contribution < 1.29 is 13.8 Å². The molecule has 15 heteroatoms. The fraction of sp³-hybridized carbons (Fsp3) is 0.200. The number of furan rings is 1. The summed E-state index contributed by atoms with van der Waals surface area (Å²) in [4.78, 5) is 12.7. The third-order valence-electron chi connectivity index (χ3n) is 3.80. The van der Waals surface area contributed by atoms with Crippen molar-refractivity contribution in [2.24, 2.45) is 12.1 Å². The molecule has 0 aliphatic carbocycles. The lowest BCUT2D eigenvalue weighted by Gasteiger charge is -2.05. The Morgan fingerprint density at radius 1 is 1.37 bits per heavy atom. The molecular weight excluding hydrogens is 414 g/mol. The largest absolute Gasteiger partial charge is 0.460 e. The van der Waals surface area contributed by atoms with Crippen molar-refractivity contribution in [1.82, 2.24) is 45.5 Å². The second kappa shape index (κ2) is 8.16. The molecule has 0 saturated carbocycles. The van der Waals surface area contributed by atoms with Crippen molar-refractivity contribution in [3.8, 4) is 5.82 Å². The summed E-state index contributed by atoms with van der Waals surface area (Å²) in [7, 11) is 1.80. The maximum atomic E-state index is 12.7. The van der Waals surface area contributed by atoms with Crippen molar-refractivity contribution in [3.05, 3.63) is 41.4 Å². The lowest BCUT2D eigenvalue weighted by atomic mass is 10.3. The topological polar surface area (TPSA) is 181 Å². The lowest BCUT2D eigenvalue weighted by molar-refractivity contribution is 0.0949. The molecule has 0 bridgehead atoms. The molecule has 0 radical (unpaired) electrons. The molecule has 0 saturated heterocycles. The number of nitrogens with one attached hydrogen (secondary N) is 1. The zero-order valence-electron chi connectivity index (χ0n) is 15.8. The quantitative estimate of drug-likeness (QED) is 0.234. The summed E-state index contributed by atoms with van der Waals surface area (Å²) in [5.74, 6) is 1.02. The highest BCUT2D eigenvalue weighted by Gasteiger charge is 2.24. The molecule has 4 aromatic rings. The fourth-order valence-electron chi connectivity index (χ4n) is 2.38. The van der Waals surface area contributed by atoms with E-state index in [0.717, 1.165) is 5.76 Å². The van der Waals surface area contributed by atoms with Gasteiger partial charge in [0.1, 0.15) is 17.8 Å². The second-order valence-corrected chi connectivity index (χ2v) is 6.87. The van der Waals surface area contributed by atoms with Crippen molar-refractivity contribution in [2.45, 2.75) is 17.8 Å². The van der Waals surface area contributed by atoms with Crippen molar-refractivity contribution >= 4 is 29.7 Å². The molecule has 0 unspecified atom stereocenters. The first kappa shape index (κ1) is 19.3. The third kappa shape index (κ3) is 3.90. The molecule has 30 heavy (non-hydrogen) atoms. The van der Waals surface area contributed by atoms with E-state index in [2.05, 4.69) is 46.0 Å². The van der Waals surface area contributed by atoms with Crippen molar-refractivity contribution in [3.63, 3.8) is 0 Å². The molecule has 0 atom stereocenters. The summed E-state index contributed by atoms with van der Waals surface area (Å²) in [6.07, 6.45) is 2.94. The van der Waals surface area contributed by atoms with Crippen LogP contribution >= 0.6 is 11.8 Å². The molecular formula is C15H15N11O3S. The maximum absolute atomic E-state index is 12.7. The van der Waals surface area contributed by atoms with E-state index in [1.807, 2.05) is 0 Å². The molecule has 14 nitrogen and oxygen atoms in total. The first-order valence-corrected chi connectivity index (χ1v) is 9.41. The number of hydrogen-bond acceptors (Lipinski definition) is 12. The predicted molar refractivity (Wildman–Crippen MR) is 103 cm³/mol. The van der Waals surface area contributed by atoms with Crippen LogP contribution in [-0.4, -0.2) is 52.2 Å². The summed E-state index contributed by atoms with van der Waals surface area (Å²) in [5, 5.41) is 27.5. The number of hydrogen-bond donors (Lipinski definition) is 2. The summed E-state index contributed by atoms with van der Waals surface area (Å²) < 4.78 is 13.0. The predicted octanol–water partition coefficient (Wildman–Crippen LogP) is 0.319. The third-order valence-corrected chi connectivity index (χ3v) is 4.85. The van der Waals surface area contributed by atoms with Gasteiger partial charge in [0.15, 0.2) is 10.9 Å². The Kier molecular flexibility index (Phi) is 5.25. The van der Waals surface area contributed by atoms with Crippen LogP contribution in [0.3, 0.4) is 0 Å². The van der Waals surface area contributed by atoms with Gasteiger partial charge in [0.2, 0.25) is 11.6 Å². The normalized spacial score (nSPS) is 11.4.